The lowest BCUT2D eigenvalue weighted by Crippen LogP contribution is -2.31. The Morgan fingerprint density at radius 2 is 2.16 bits per heavy atom. The van der Waals surface area contributed by atoms with Crippen molar-refractivity contribution in [1.82, 2.24) is 9.55 Å². The van der Waals surface area contributed by atoms with Crippen LogP contribution in [0.25, 0.3) is 10.2 Å². The molecule has 1 aliphatic carbocycles. The Morgan fingerprint density at radius 3 is 2.89 bits per heavy atom. The zero-order chi connectivity index (χ0) is 13.6. The molecular formula is C14H18N2OS2. The highest BCUT2D eigenvalue weighted by Crippen LogP contribution is 2.35. The van der Waals surface area contributed by atoms with Crippen molar-refractivity contribution < 1.29 is 0 Å². The first-order chi connectivity index (χ1) is 9.08. The number of aromatic amines is 1. The van der Waals surface area contributed by atoms with Crippen molar-refractivity contribution in [3.8, 4) is 0 Å². The number of rotatable bonds is 1. The van der Waals surface area contributed by atoms with Gasteiger partial charge >= 0.3 is 0 Å². The molecule has 2 aromatic heterocycles. The molecule has 1 saturated carbocycles. The molecule has 2 aromatic rings. The maximum absolute atomic E-state index is 12.6. The van der Waals surface area contributed by atoms with Gasteiger partial charge in [-0.3, -0.25) is 9.36 Å². The van der Waals surface area contributed by atoms with Crippen molar-refractivity contribution >= 4 is 33.8 Å². The number of thiophene rings is 1. The van der Waals surface area contributed by atoms with Gasteiger partial charge in [0.1, 0.15) is 4.70 Å². The van der Waals surface area contributed by atoms with Crippen molar-refractivity contribution in [2.45, 2.75) is 39.2 Å². The molecule has 0 aromatic carbocycles. The molecule has 19 heavy (non-hydrogen) atoms. The van der Waals surface area contributed by atoms with Crippen molar-refractivity contribution in [3.05, 3.63) is 26.6 Å². The van der Waals surface area contributed by atoms with Gasteiger partial charge in [0, 0.05) is 6.04 Å². The average molecular weight is 294 g/mol. The van der Waals surface area contributed by atoms with E-state index in [9.17, 15) is 4.79 Å². The van der Waals surface area contributed by atoms with Gasteiger partial charge in [0.25, 0.3) is 5.56 Å². The molecule has 0 saturated heterocycles. The molecule has 1 N–H and O–H groups in total. The van der Waals surface area contributed by atoms with Crippen molar-refractivity contribution in [1.29, 1.82) is 0 Å². The van der Waals surface area contributed by atoms with Gasteiger partial charge in [-0.25, -0.2) is 0 Å². The first-order valence-electron chi connectivity index (χ1n) is 6.80. The summed E-state index contributed by atoms with van der Waals surface area (Å²) in [6.07, 6.45) is 3.28. The molecule has 3 atom stereocenters. The molecule has 3 unspecified atom stereocenters. The fourth-order valence-electron chi connectivity index (χ4n) is 3.04. The number of hydrogen-bond acceptors (Lipinski definition) is 3. The summed E-state index contributed by atoms with van der Waals surface area (Å²) in [4.78, 5) is 15.8. The van der Waals surface area contributed by atoms with Crippen LogP contribution >= 0.6 is 23.6 Å². The minimum absolute atomic E-state index is 0.0838. The normalized spacial score (nSPS) is 27.8. The molecule has 3 rings (SSSR count). The maximum atomic E-state index is 12.6. The highest BCUT2D eigenvalue weighted by molar-refractivity contribution is 7.71. The quantitative estimate of drug-likeness (QED) is 0.803. The van der Waals surface area contributed by atoms with E-state index in [-0.39, 0.29) is 11.6 Å². The monoisotopic (exact) mass is 294 g/mol. The van der Waals surface area contributed by atoms with Gasteiger partial charge in [0.05, 0.1) is 5.52 Å². The zero-order valence-electron chi connectivity index (χ0n) is 11.2. The summed E-state index contributed by atoms with van der Waals surface area (Å²) < 4.78 is 3.18. The summed E-state index contributed by atoms with van der Waals surface area (Å²) in [5.74, 6) is 1.40. The van der Waals surface area contributed by atoms with Gasteiger partial charge in [-0.1, -0.05) is 13.8 Å². The molecular weight excluding hydrogens is 276 g/mol. The lowest BCUT2D eigenvalue weighted by molar-refractivity contribution is 0.206. The van der Waals surface area contributed by atoms with E-state index >= 15 is 0 Å². The topological polar surface area (TPSA) is 37.8 Å². The van der Waals surface area contributed by atoms with E-state index in [0.717, 1.165) is 29.0 Å². The maximum Gasteiger partial charge on any atom is 0.272 e. The van der Waals surface area contributed by atoms with Crippen LogP contribution in [0.1, 0.15) is 39.2 Å². The van der Waals surface area contributed by atoms with Crippen LogP contribution in [-0.4, -0.2) is 9.55 Å². The van der Waals surface area contributed by atoms with E-state index < -0.39 is 0 Å². The Morgan fingerprint density at radius 1 is 1.37 bits per heavy atom. The van der Waals surface area contributed by atoms with Crippen LogP contribution < -0.4 is 5.56 Å². The van der Waals surface area contributed by atoms with Gasteiger partial charge in [-0.15, -0.1) is 11.3 Å². The lowest BCUT2D eigenvalue weighted by atomic mass is 9.79. The molecule has 0 spiro atoms. The van der Waals surface area contributed by atoms with Gasteiger partial charge < -0.3 is 4.98 Å². The second kappa shape index (κ2) is 4.87. The van der Waals surface area contributed by atoms with Crippen LogP contribution in [0.2, 0.25) is 0 Å². The zero-order valence-corrected chi connectivity index (χ0v) is 12.8. The third-order valence-corrected chi connectivity index (χ3v) is 5.68. The summed E-state index contributed by atoms with van der Waals surface area (Å²) in [6.45, 7) is 4.57. The van der Waals surface area contributed by atoms with E-state index in [1.165, 1.54) is 17.8 Å². The molecule has 1 fully saturated rings. The molecule has 3 nitrogen and oxygen atoms in total. The summed E-state index contributed by atoms with van der Waals surface area (Å²) in [5, 5.41) is 1.94. The van der Waals surface area contributed by atoms with E-state index in [1.807, 2.05) is 16.0 Å². The minimum Gasteiger partial charge on any atom is -0.331 e. The predicted octanol–water partition coefficient (Wildman–Crippen LogP) is 4.12. The Kier molecular flexibility index (Phi) is 3.35. The van der Waals surface area contributed by atoms with Crippen LogP contribution in [-0.2, 0) is 0 Å². The first kappa shape index (κ1) is 13.1. The molecule has 5 heteroatoms. The van der Waals surface area contributed by atoms with Crippen LogP contribution in [0.15, 0.2) is 16.2 Å². The number of nitrogens with one attached hydrogen (secondary N) is 1. The number of hydrogen-bond donors (Lipinski definition) is 1. The highest BCUT2D eigenvalue weighted by Gasteiger charge is 2.27. The fourth-order valence-corrected chi connectivity index (χ4v) is 4.16. The van der Waals surface area contributed by atoms with Crippen LogP contribution in [0, 0.1) is 16.6 Å². The van der Waals surface area contributed by atoms with Crippen LogP contribution in [0.4, 0.5) is 0 Å². The summed E-state index contributed by atoms with van der Waals surface area (Å²) in [7, 11) is 0. The minimum atomic E-state index is 0.0838. The third-order valence-electron chi connectivity index (χ3n) is 4.47. The van der Waals surface area contributed by atoms with Crippen molar-refractivity contribution in [3.63, 3.8) is 0 Å². The Bertz CT molecular complexity index is 712. The van der Waals surface area contributed by atoms with E-state index in [2.05, 4.69) is 18.8 Å². The first-order valence-corrected chi connectivity index (χ1v) is 8.08. The molecule has 102 valence electrons. The van der Waals surface area contributed by atoms with Gasteiger partial charge in [-0.2, -0.15) is 0 Å². The van der Waals surface area contributed by atoms with E-state index in [1.54, 1.807) is 0 Å². The Hall–Kier alpha value is -0.940. The lowest BCUT2D eigenvalue weighted by Gasteiger charge is -2.33. The molecule has 0 amide bonds. The Labute approximate surface area is 121 Å². The second-order valence-electron chi connectivity index (χ2n) is 5.69. The number of aromatic nitrogens is 2. The van der Waals surface area contributed by atoms with Crippen molar-refractivity contribution in [2.24, 2.45) is 11.8 Å². The SMILES string of the molecule is CC1CCC(n2c(=S)[nH]c3ccsc3c2=O)CC1C. The fraction of sp³-hybridized carbons (Fsp3) is 0.571. The number of nitrogens with zero attached hydrogens (tertiary/aromatic N) is 1. The smallest absolute Gasteiger partial charge is 0.272 e. The predicted molar refractivity (Wildman–Crippen MR) is 82.5 cm³/mol. The molecule has 0 aliphatic heterocycles. The summed E-state index contributed by atoms with van der Waals surface area (Å²) in [6, 6.07) is 2.18. The molecule has 0 bridgehead atoms. The van der Waals surface area contributed by atoms with Gasteiger partial charge in [-0.05, 0) is 54.8 Å². The Balaban J connectivity index is 2.10. The largest absolute Gasteiger partial charge is 0.331 e. The van der Waals surface area contributed by atoms with Crippen LogP contribution in [0.5, 0.6) is 0 Å². The average Bonchev–Trinajstić information content (AvgIpc) is 2.82. The highest BCUT2D eigenvalue weighted by atomic mass is 32.1. The van der Waals surface area contributed by atoms with Crippen LogP contribution in [0.3, 0.4) is 0 Å². The second-order valence-corrected chi connectivity index (χ2v) is 6.99. The number of fused-ring (bicyclic) bond motifs is 1. The number of H-pyrrole nitrogens is 1. The van der Waals surface area contributed by atoms with Gasteiger partial charge in [0.2, 0.25) is 0 Å². The third kappa shape index (κ3) is 2.19. The summed E-state index contributed by atoms with van der Waals surface area (Å²) in [5.41, 5.74) is 0.953. The van der Waals surface area contributed by atoms with Gasteiger partial charge in [0.15, 0.2) is 4.77 Å². The summed E-state index contributed by atoms with van der Waals surface area (Å²) >= 11 is 6.89. The van der Waals surface area contributed by atoms with Crippen molar-refractivity contribution in [2.75, 3.05) is 0 Å². The molecule has 2 heterocycles. The molecule has 0 radical (unpaired) electrons. The van der Waals surface area contributed by atoms with E-state index in [0.29, 0.717) is 10.7 Å². The van der Waals surface area contributed by atoms with E-state index in [4.69, 9.17) is 12.2 Å². The molecule has 1 aliphatic rings. The standard InChI is InChI=1S/C14H18N2OS2/c1-8-3-4-10(7-9(8)2)16-13(17)12-11(5-6-19-12)15-14(16)18/h5-6,8-10H,3-4,7H2,1-2H3,(H,15,18).